The Balaban J connectivity index is 1.66. The first-order valence-electron chi connectivity index (χ1n) is 9.62. The molecular weight excluding hydrogens is 416 g/mol. The van der Waals surface area contributed by atoms with Gasteiger partial charge < -0.3 is 14.6 Å². The average molecular weight is 437 g/mol. The summed E-state index contributed by atoms with van der Waals surface area (Å²) in [6.45, 7) is 1.74. The van der Waals surface area contributed by atoms with Crippen LogP contribution in [0.4, 0.5) is 5.69 Å². The molecule has 0 aliphatic carbocycles. The van der Waals surface area contributed by atoms with Crippen molar-refractivity contribution in [1.29, 1.82) is 0 Å². The van der Waals surface area contributed by atoms with Crippen LogP contribution >= 0.6 is 11.6 Å². The predicted octanol–water partition coefficient (Wildman–Crippen LogP) is 4.01. The van der Waals surface area contributed by atoms with Gasteiger partial charge in [-0.05, 0) is 42.3 Å². The fourth-order valence-electron chi connectivity index (χ4n) is 3.49. The van der Waals surface area contributed by atoms with Crippen molar-refractivity contribution in [2.75, 3.05) is 12.4 Å². The molecule has 8 heteroatoms. The van der Waals surface area contributed by atoms with E-state index in [1.807, 2.05) is 43.5 Å². The van der Waals surface area contributed by atoms with Crippen molar-refractivity contribution in [2.45, 2.75) is 13.5 Å². The summed E-state index contributed by atoms with van der Waals surface area (Å²) in [5.74, 6) is 0.352. The van der Waals surface area contributed by atoms with Crippen LogP contribution in [0.3, 0.4) is 0 Å². The fraction of sp³-hybridized carbons (Fsp3) is 0.174. The highest BCUT2D eigenvalue weighted by Crippen LogP contribution is 2.29. The van der Waals surface area contributed by atoms with Gasteiger partial charge >= 0.3 is 0 Å². The quantitative estimate of drug-likeness (QED) is 0.512. The molecule has 0 saturated heterocycles. The lowest BCUT2D eigenvalue weighted by molar-refractivity contribution is -0.116. The van der Waals surface area contributed by atoms with Gasteiger partial charge in [0.1, 0.15) is 23.3 Å². The van der Waals surface area contributed by atoms with Crippen LogP contribution in [0.25, 0.3) is 22.2 Å². The lowest BCUT2D eigenvalue weighted by atomic mass is 10.1. The van der Waals surface area contributed by atoms with E-state index in [0.717, 1.165) is 16.7 Å². The molecule has 4 rings (SSSR count). The lowest BCUT2D eigenvalue weighted by Crippen LogP contribution is -2.28. The monoisotopic (exact) mass is 436 g/mol. The van der Waals surface area contributed by atoms with Gasteiger partial charge in [0.05, 0.1) is 24.1 Å². The van der Waals surface area contributed by atoms with E-state index in [4.69, 9.17) is 16.3 Å². The van der Waals surface area contributed by atoms with Gasteiger partial charge in [-0.2, -0.15) is 0 Å². The van der Waals surface area contributed by atoms with Crippen LogP contribution in [0.1, 0.15) is 5.56 Å². The van der Waals surface area contributed by atoms with Crippen molar-refractivity contribution in [2.24, 2.45) is 7.05 Å². The van der Waals surface area contributed by atoms with Crippen LogP contribution in [0.2, 0.25) is 5.02 Å². The number of aryl methyl sites for hydroxylation is 2. The van der Waals surface area contributed by atoms with Gasteiger partial charge in [0.25, 0.3) is 5.56 Å². The van der Waals surface area contributed by atoms with Crippen LogP contribution < -0.4 is 15.6 Å². The van der Waals surface area contributed by atoms with Gasteiger partial charge in [0.15, 0.2) is 0 Å². The molecule has 0 spiro atoms. The Morgan fingerprint density at radius 1 is 1.23 bits per heavy atom. The van der Waals surface area contributed by atoms with Gasteiger partial charge in [0, 0.05) is 18.8 Å². The molecule has 7 nitrogen and oxygen atoms in total. The summed E-state index contributed by atoms with van der Waals surface area (Å²) < 4.78 is 8.31. The third kappa shape index (κ3) is 4.04. The number of anilines is 1. The van der Waals surface area contributed by atoms with Gasteiger partial charge in [-0.1, -0.05) is 29.8 Å². The molecular formula is C23H21ClN4O3. The largest absolute Gasteiger partial charge is 0.497 e. The number of carbonyl (C=O) groups excluding carboxylic acids is 1. The van der Waals surface area contributed by atoms with Crippen molar-refractivity contribution in [1.82, 2.24) is 14.1 Å². The Labute approximate surface area is 183 Å². The second-order valence-corrected chi connectivity index (χ2v) is 7.70. The molecule has 1 amide bonds. The Kier molecular flexibility index (Phi) is 5.52. The molecule has 0 fully saturated rings. The zero-order valence-electron chi connectivity index (χ0n) is 17.3. The average Bonchev–Trinajstić information content (AvgIpc) is 3.09. The molecule has 0 bridgehead atoms. The molecule has 31 heavy (non-hydrogen) atoms. The highest BCUT2D eigenvalue weighted by atomic mass is 35.5. The highest BCUT2D eigenvalue weighted by molar-refractivity contribution is 6.33. The molecule has 0 aliphatic heterocycles. The second kappa shape index (κ2) is 8.28. The second-order valence-electron chi connectivity index (χ2n) is 7.29. The molecule has 0 atom stereocenters. The van der Waals surface area contributed by atoms with E-state index in [2.05, 4.69) is 10.3 Å². The number of ether oxygens (including phenoxy) is 1. The number of aromatic nitrogens is 3. The smallest absolute Gasteiger partial charge is 0.278 e. The zero-order chi connectivity index (χ0) is 22.1. The summed E-state index contributed by atoms with van der Waals surface area (Å²) in [7, 11) is 3.39. The third-order valence-corrected chi connectivity index (χ3v) is 5.35. The number of methoxy groups -OCH3 is 1. The molecule has 2 aromatic carbocycles. The Bertz CT molecular complexity index is 1360. The Morgan fingerprint density at radius 2 is 2.03 bits per heavy atom. The summed E-state index contributed by atoms with van der Waals surface area (Å²) in [4.78, 5) is 30.1. The van der Waals surface area contributed by atoms with Gasteiger partial charge in [-0.25, -0.2) is 4.98 Å². The van der Waals surface area contributed by atoms with Crippen LogP contribution in [-0.4, -0.2) is 27.1 Å². The molecule has 2 aromatic heterocycles. The van der Waals surface area contributed by atoms with Gasteiger partial charge in [-0.3, -0.25) is 14.2 Å². The van der Waals surface area contributed by atoms with Crippen molar-refractivity contribution >= 4 is 34.2 Å². The number of rotatable bonds is 5. The van der Waals surface area contributed by atoms with E-state index in [0.29, 0.717) is 27.5 Å². The number of fused-ring (bicyclic) bond motifs is 1. The lowest BCUT2D eigenvalue weighted by Gasteiger charge is -2.09. The SMILES string of the molecule is COc1cccc(-c2cn(C)c3c(=O)n(CC(=O)Nc4ccc(C)cc4Cl)cnc23)c1. The summed E-state index contributed by atoms with van der Waals surface area (Å²) in [6.07, 6.45) is 3.25. The Morgan fingerprint density at radius 3 is 2.77 bits per heavy atom. The van der Waals surface area contributed by atoms with E-state index in [1.165, 1.54) is 10.9 Å². The maximum absolute atomic E-state index is 13.1. The van der Waals surface area contributed by atoms with Gasteiger partial charge in [-0.15, -0.1) is 0 Å². The first-order valence-corrected chi connectivity index (χ1v) is 10.00. The van der Waals surface area contributed by atoms with E-state index < -0.39 is 0 Å². The van der Waals surface area contributed by atoms with Crippen molar-refractivity contribution in [3.8, 4) is 16.9 Å². The standard InChI is InChI=1S/C23H21ClN4O3/c1-14-7-8-19(18(24)9-14)26-20(29)12-28-13-25-21-17(11-27(2)22(21)23(28)30)15-5-4-6-16(10-15)31-3/h4-11,13H,12H2,1-3H3,(H,26,29). The molecule has 2 heterocycles. The first-order chi connectivity index (χ1) is 14.9. The molecule has 0 aliphatic rings. The number of halogens is 1. The normalized spacial score (nSPS) is 11.0. The minimum atomic E-state index is -0.365. The van der Waals surface area contributed by atoms with E-state index in [9.17, 15) is 9.59 Å². The fourth-order valence-corrected chi connectivity index (χ4v) is 3.78. The topological polar surface area (TPSA) is 78.1 Å². The van der Waals surface area contributed by atoms with Crippen LogP contribution in [-0.2, 0) is 18.4 Å². The summed E-state index contributed by atoms with van der Waals surface area (Å²) in [5.41, 5.74) is 3.88. The molecule has 0 radical (unpaired) electrons. The number of hydrogen-bond acceptors (Lipinski definition) is 4. The molecule has 1 N–H and O–H groups in total. The number of benzene rings is 2. The maximum Gasteiger partial charge on any atom is 0.278 e. The minimum Gasteiger partial charge on any atom is -0.497 e. The Hall–Kier alpha value is -3.58. The first kappa shape index (κ1) is 20.7. The third-order valence-electron chi connectivity index (χ3n) is 5.04. The summed E-state index contributed by atoms with van der Waals surface area (Å²) >= 11 is 6.18. The summed E-state index contributed by atoms with van der Waals surface area (Å²) in [6, 6.07) is 12.9. The zero-order valence-corrected chi connectivity index (χ0v) is 18.1. The minimum absolute atomic E-state index is 0.175. The number of nitrogens with one attached hydrogen (secondary N) is 1. The van der Waals surface area contributed by atoms with Crippen molar-refractivity contribution in [3.05, 3.63) is 75.9 Å². The number of hydrogen-bond donors (Lipinski definition) is 1. The molecule has 0 saturated carbocycles. The molecule has 158 valence electrons. The highest BCUT2D eigenvalue weighted by Gasteiger charge is 2.16. The predicted molar refractivity (Wildman–Crippen MR) is 122 cm³/mol. The maximum atomic E-state index is 13.1. The van der Waals surface area contributed by atoms with Crippen molar-refractivity contribution < 1.29 is 9.53 Å². The number of nitrogens with zero attached hydrogens (tertiary/aromatic N) is 3. The van der Waals surface area contributed by atoms with Crippen LogP contribution in [0.15, 0.2) is 59.8 Å². The van der Waals surface area contributed by atoms with E-state index >= 15 is 0 Å². The van der Waals surface area contributed by atoms with Crippen molar-refractivity contribution in [3.63, 3.8) is 0 Å². The van der Waals surface area contributed by atoms with E-state index in [1.54, 1.807) is 30.9 Å². The van der Waals surface area contributed by atoms with E-state index in [-0.39, 0.29) is 18.0 Å². The molecule has 0 unspecified atom stereocenters. The number of amides is 1. The van der Waals surface area contributed by atoms with Gasteiger partial charge in [0.2, 0.25) is 5.91 Å². The van der Waals surface area contributed by atoms with Crippen LogP contribution in [0.5, 0.6) is 5.75 Å². The molecule has 4 aromatic rings. The summed E-state index contributed by atoms with van der Waals surface area (Å²) in [5, 5.41) is 3.18. The number of carbonyl (C=O) groups is 1. The van der Waals surface area contributed by atoms with Crippen LogP contribution in [0, 0.1) is 6.92 Å².